The smallest absolute Gasteiger partial charge is 0.306 e. The fourth-order valence-electron chi connectivity index (χ4n) is 8.56. The Morgan fingerprint density at radius 2 is 0.682 bits per heavy atom. The van der Waals surface area contributed by atoms with Crippen molar-refractivity contribution in [2.45, 2.75) is 309 Å². The summed E-state index contributed by atoms with van der Waals surface area (Å²) in [6.45, 7) is 7.75. The molecular formula is C61H112O5. The number of hydrogen-bond donors (Lipinski definition) is 0. The van der Waals surface area contributed by atoms with Gasteiger partial charge in [-0.2, -0.15) is 0 Å². The summed E-state index contributed by atoms with van der Waals surface area (Å²) in [5, 5.41) is 0. The summed E-state index contributed by atoms with van der Waals surface area (Å²) in [6, 6.07) is 0. The zero-order valence-electron chi connectivity index (χ0n) is 44.5. The minimum Gasteiger partial charge on any atom is -0.462 e. The first-order valence-electron chi connectivity index (χ1n) is 29.2. The molecule has 5 heteroatoms. The van der Waals surface area contributed by atoms with E-state index in [2.05, 4.69) is 69.4 Å². The molecule has 0 unspecified atom stereocenters. The van der Waals surface area contributed by atoms with Crippen LogP contribution >= 0.6 is 0 Å². The fraction of sp³-hybridized carbons (Fsp3) is 0.836. The Kier molecular flexibility index (Phi) is 55.3. The topological polar surface area (TPSA) is 61.8 Å². The maximum atomic E-state index is 12.9. The molecule has 0 saturated heterocycles. The van der Waals surface area contributed by atoms with E-state index in [0.29, 0.717) is 19.4 Å². The fourth-order valence-corrected chi connectivity index (χ4v) is 8.56. The lowest BCUT2D eigenvalue weighted by Crippen LogP contribution is -2.30. The molecule has 0 bridgehead atoms. The van der Waals surface area contributed by atoms with Crippen LogP contribution in [0.4, 0.5) is 0 Å². The lowest BCUT2D eigenvalue weighted by atomic mass is 10.0. The summed E-state index contributed by atoms with van der Waals surface area (Å²) >= 11 is 0. The molecule has 1 atom stereocenters. The molecule has 0 aromatic rings. The van der Waals surface area contributed by atoms with Gasteiger partial charge in [0.2, 0.25) is 0 Å². The van der Waals surface area contributed by atoms with Crippen LogP contribution in [-0.4, -0.2) is 37.9 Å². The Balaban J connectivity index is 4.27. The highest BCUT2D eigenvalue weighted by Crippen LogP contribution is 2.17. The van der Waals surface area contributed by atoms with Crippen LogP contribution in [0.2, 0.25) is 0 Å². The first-order chi connectivity index (χ1) is 32.6. The van der Waals surface area contributed by atoms with Gasteiger partial charge < -0.3 is 14.2 Å². The van der Waals surface area contributed by atoms with E-state index in [1.807, 2.05) is 0 Å². The van der Waals surface area contributed by atoms with E-state index in [0.717, 1.165) is 77.0 Å². The van der Waals surface area contributed by atoms with Crippen LogP contribution in [0.15, 0.2) is 48.6 Å². The van der Waals surface area contributed by atoms with Gasteiger partial charge in [0.1, 0.15) is 6.61 Å². The summed E-state index contributed by atoms with van der Waals surface area (Å²) in [4.78, 5) is 25.5. The van der Waals surface area contributed by atoms with Gasteiger partial charge in [-0.15, -0.1) is 0 Å². The number of hydrogen-bond acceptors (Lipinski definition) is 5. The van der Waals surface area contributed by atoms with Crippen LogP contribution in [0.5, 0.6) is 0 Å². The summed E-state index contributed by atoms with van der Waals surface area (Å²) in [6.07, 6.45) is 71.3. The molecule has 0 aliphatic carbocycles. The number of unbranched alkanes of at least 4 members (excludes halogenated alkanes) is 35. The van der Waals surface area contributed by atoms with E-state index >= 15 is 0 Å². The molecule has 0 aromatic heterocycles. The Morgan fingerprint density at radius 3 is 1.09 bits per heavy atom. The first-order valence-corrected chi connectivity index (χ1v) is 29.2. The molecule has 386 valence electrons. The van der Waals surface area contributed by atoms with Crippen LogP contribution in [0.25, 0.3) is 0 Å². The Hall–Kier alpha value is -2.14. The Morgan fingerprint density at radius 1 is 0.348 bits per heavy atom. The van der Waals surface area contributed by atoms with Gasteiger partial charge in [0, 0.05) is 19.4 Å². The predicted molar refractivity (Wildman–Crippen MR) is 288 cm³/mol. The standard InChI is InChI=1S/C61H112O5/c1-4-7-10-13-16-19-22-25-28-31-33-36-39-42-45-48-51-54-60(62)65-58-59(57-64-56-53-50-47-44-41-38-35-30-27-24-21-18-15-12-9-6-3)66-61(63)55-52-49-46-43-40-37-34-32-29-26-23-20-17-14-11-8-5-2/h7,10,16,19,25,28,33,36,59H,4-6,8-9,11-15,17-18,20-24,26-27,29-32,34-35,37-58H2,1-3H3/b10-7-,19-16-,28-25-,36-33-/t59-/m1/s1. The second kappa shape index (κ2) is 57.2. The number of allylic oxidation sites excluding steroid dienone is 8. The molecule has 0 radical (unpaired) electrons. The van der Waals surface area contributed by atoms with Crippen LogP contribution in [0.3, 0.4) is 0 Å². The summed E-state index contributed by atoms with van der Waals surface area (Å²) in [5.74, 6) is -0.405. The minimum absolute atomic E-state index is 0.0778. The molecule has 0 fully saturated rings. The number of carbonyl (C=O) groups is 2. The van der Waals surface area contributed by atoms with Crippen molar-refractivity contribution in [1.82, 2.24) is 0 Å². The molecule has 0 rings (SSSR count). The summed E-state index contributed by atoms with van der Waals surface area (Å²) < 4.78 is 17.5. The van der Waals surface area contributed by atoms with Crippen molar-refractivity contribution in [3.8, 4) is 0 Å². The molecule has 0 heterocycles. The minimum atomic E-state index is -0.542. The maximum absolute atomic E-state index is 12.9. The van der Waals surface area contributed by atoms with Gasteiger partial charge in [-0.3, -0.25) is 9.59 Å². The largest absolute Gasteiger partial charge is 0.462 e. The number of rotatable bonds is 54. The van der Waals surface area contributed by atoms with Crippen molar-refractivity contribution in [3.63, 3.8) is 0 Å². The van der Waals surface area contributed by atoms with Crippen molar-refractivity contribution in [3.05, 3.63) is 48.6 Å². The number of ether oxygens (including phenoxy) is 3. The Bertz CT molecular complexity index is 1090. The number of carbonyl (C=O) groups excluding carboxylic acids is 2. The van der Waals surface area contributed by atoms with E-state index in [-0.39, 0.29) is 25.2 Å². The molecule has 0 aromatic carbocycles. The SMILES string of the molecule is CC/C=C\C/C=C\C/C=C\C/C=C\CCCCCCC(=O)OC[C@@H](COCCCCCCCCCCCCCCCCCC)OC(=O)CCCCCCCCCCCCCCCCCCC. The molecule has 0 saturated carbocycles. The van der Waals surface area contributed by atoms with E-state index in [1.54, 1.807) is 0 Å². The molecule has 66 heavy (non-hydrogen) atoms. The second-order valence-corrected chi connectivity index (χ2v) is 19.5. The molecule has 0 spiro atoms. The lowest BCUT2D eigenvalue weighted by Gasteiger charge is -2.18. The van der Waals surface area contributed by atoms with E-state index in [9.17, 15) is 9.59 Å². The Labute approximate surface area is 412 Å². The highest BCUT2D eigenvalue weighted by atomic mass is 16.6. The monoisotopic (exact) mass is 925 g/mol. The predicted octanol–water partition coefficient (Wildman–Crippen LogP) is 19.9. The molecule has 0 aliphatic rings. The van der Waals surface area contributed by atoms with E-state index in [4.69, 9.17) is 14.2 Å². The quantitative estimate of drug-likeness (QED) is 0.0345. The zero-order chi connectivity index (χ0) is 47.7. The molecular weight excluding hydrogens is 813 g/mol. The zero-order valence-corrected chi connectivity index (χ0v) is 44.5. The van der Waals surface area contributed by atoms with E-state index in [1.165, 1.54) is 193 Å². The van der Waals surface area contributed by atoms with Crippen LogP contribution in [0, 0.1) is 0 Å². The van der Waals surface area contributed by atoms with Gasteiger partial charge in [-0.05, 0) is 57.8 Å². The van der Waals surface area contributed by atoms with Crippen molar-refractivity contribution in [2.24, 2.45) is 0 Å². The van der Waals surface area contributed by atoms with Crippen LogP contribution in [-0.2, 0) is 23.8 Å². The highest BCUT2D eigenvalue weighted by molar-refractivity contribution is 5.70. The summed E-state index contributed by atoms with van der Waals surface area (Å²) in [5.41, 5.74) is 0. The number of esters is 2. The van der Waals surface area contributed by atoms with Gasteiger partial charge in [0.05, 0.1) is 6.61 Å². The van der Waals surface area contributed by atoms with Crippen molar-refractivity contribution >= 4 is 11.9 Å². The summed E-state index contributed by atoms with van der Waals surface area (Å²) in [7, 11) is 0. The van der Waals surface area contributed by atoms with E-state index < -0.39 is 6.10 Å². The van der Waals surface area contributed by atoms with Crippen molar-refractivity contribution < 1.29 is 23.8 Å². The molecule has 5 nitrogen and oxygen atoms in total. The average Bonchev–Trinajstić information content (AvgIpc) is 3.32. The lowest BCUT2D eigenvalue weighted by molar-refractivity contribution is -0.163. The highest BCUT2D eigenvalue weighted by Gasteiger charge is 2.17. The van der Waals surface area contributed by atoms with Gasteiger partial charge in [-0.1, -0.05) is 281 Å². The van der Waals surface area contributed by atoms with Crippen LogP contribution < -0.4 is 0 Å². The third-order valence-corrected chi connectivity index (χ3v) is 12.9. The van der Waals surface area contributed by atoms with Gasteiger partial charge in [0.15, 0.2) is 6.10 Å². The molecule has 0 aliphatic heterocycles. The van der Waals surface area contributed by atoms with Gasteiger partial charge in [-0.25, -0.2) is 0 Å². The third-order valence-electron chi connectivity index (χ3n) is 12.9. The average molecular weight is 926 g/mol. The van der Waals surface area contributed by atoms with Crippen molar-refractivity contribution in [2.75, 3.05) is 19.8 Å². The van der Waals surface area contributed by atoms with Gasteiger partial charge >= 0.3 is 11.9 Å². The first kappa shape index (κ1) is 63.9. The molecule has 0 amide bonds. The second-order valence-electron chi connectivity index (χ2n) is 19.5. The van der Waals surface area contributed by atoms with Crippen LogP contribution in [0.1, 0.15) is 303 Å². The molecule has 0 N–H and O–H groups in total. The van der Waals surface area contributed by atoms with Crippen molar-refractivity contribution in [1.29, 1.82) is 0 Å². The maximum Gasteiger partial charge on any atom is 0.306 e. The van der Waals surface area contributed by atoms with Gasteiger partial charge in [0.25, 0.3) is 0 Å². The third kappa shape index (κ3) is 54.5. The normalized spacial score (nSPS) is 12.5.